The van der Waals surface area contributed by atoms with Gasteiger partial charge in [-0.05, 0) is 42.8 Å². The van der Waals surface area contributed by atoms with E-state index in [1.54, 1.807) is 38.2 Å². The highest BCUT2D eigenvalue weighted by atomic mass is 32.2. The van der Waals surface area contributed by atoms with Crippen molar-refractivity contribution in [3.05, 3.63) is 76.8 Å². The first-order valence-corrected chi connectivity index (χ1v) is 12.9. The highest BCUT2D eigenvalue weighted by Gasteiger charge is 2.22. The minimum atomic E-state index is -4.07. The van der Waals surface area contributed by atoms with Crippen molar-refractivity contribution in [1.82, 2.24) is 9.97 Å². The van der Waals surface area contributed by atoms with Crippen LogP contribution in [0.1, 0.15) is 11.1 Å². The molecule has 0 aliphatic heterocycles. The minimum absolute atomic E-state index is 0.0334. The molecule has 0 saturated carbocycles. The van der Waals surface area contributed by atoms with Gasteiger partial charge in [-0.3, -0.25) is 4.72 Å². The SMILES string of the molecule is COc1cccc(CN(C)c2cnc(S(=O)(=O)Nc3nc(-c4ccc(F)c(F)c4)cs3)c(C)c2)c1O. The van der Waals surface area contributed by atoms with Gasteiger partial charge in [0.1, 0.15) is 0 Å². The maximum atomic E-state index is 13.5. The molecule has 0 aliphatic carbocycles. The van der Waals surface area contributed by atoms with Gasteiger partial charge in [-0.25, -0.2) is 18.7 Å². The Morgan fingerprint density at radius 2 is 1.94 bits per heavy atom. The molecule has 0 amide bonds. The number of aromatic hydroxyl groups is 1. The minimum Gasteiger partial charge on any atom is -0.504 e. The van der Waals surface area contributed by atoms with E-state index in [1.165, 1.54) is 24.8 Å². The van der Waals surface area contributed by atoms with E-state index in [0.29, 0.717) is 40.4 Å². The molecule has 0 atom stereocenters. The summed E-state index contributed by atoms with van der Waals surface area (Å²) in [5.41, 5.74) is 2.30. The summed E-state index contributed by atoms with van der Waals surface area (Å²) in [6, 6.07) is 10.2. The van der Waals surface area contributed by atoms with Gasteiger partial charge in [0.05, 0.1) is 24.7 Å². The third kappa shape index (κ3) is 5.24. The van der Waals surface area contributed by atoms with E-state index in [-0.39, 0.29) is 15.9 Å². The Kier molecular flexibility index (Phi) is 7.09. The number of nitrogens with zero attached hydrogens (tertiary/aromatic N) is 3. The van der Waals surface area contributed by atoms with Gasteiger partial charge in [-0.1, -0.05) is 12.1 Å². The molecule has 0 unspecified atom stereocenters. The lowest BCUT2D eigenvalue weighted by Crippen LogP contribution is -2.19. The lowest BCUT2D eigenvalue weighted by molar-refractivity contribution is 0.370. The first kappa shape index (κ1) is 25.3. The summed E-state index contributed by atoms with van der Waals surface area (Å²) in [6.45, 7) is 1.96. The second-order valence-corrected chi connectivity index (χ2v) is 10.4. The monoisotopic (exact) mass is 532 g/mol. The van der Waals surface area contributed by atoms with Gasteiger partial charge < -0.3 is 14.7 Å². The number of nitrogens with one attached hydrogen (secondary N) is 1. The van der Waals surface area contributed by atoms with E-state index >= 15 is 0 Å². The quantitative estimate of drug-likeness (QED) is 0.331. The van der Waals surface area contributed by atoms with Gasteiger partial charge in [0.25, 0.3) is 10.0 Å². The molecule has 0 saturated heterocycles. The van der Waals surface area contributed by atoms with Gasteiger partial charge in [0.2, 0.25) is 0 Å². The Balaban J connectivity index is 1.52. The van der Waals surface area contributed by atoms with E-state index in [2.05, 4.69) is 14.7 Å². The van der Waals surface area contributed by atoms with Crippen molar-refractivity contribution in [1.29, 1.82) is 0 Å². The summed E-state index contributed by atoms with van der Waals surface area (Å²) in [5, 5.41) is 11.8. The van der Waals surface area contributed by atoms with Crippen LogP contribution in [-0.4, -0.2) is 37.6 Å². The molecule has 0 fully saturated rings. The van der Waals surface area contributed by atoms with Crippen molar-refractivity contribution in [3.63, 3.8) is 0 Å². The molecule has 2 aromatic carbocycles. The molecule has 2 aromatic heterocycles. The topological polar surface area (TPSA) is 105 Å². The molecular weight excluding hydrogens is 510 g/mol. The number of aromatic nitrogens is 2. The van der Waals surface area contributed by atoms with Crippen molar-refractivity contribution in [2.75, 3.05) is 23.8 Å². The molecule has 12 heteroatoms. The number of benzene rings is 2. The number of rotatable bonds is 8. The third-order valence-corrected chi connectivity index (χ3v) is 7.65. The average Bonchev–Trinajstić information content (AvgIpc) is 3.29. The molecule has 2 N–H and O–H groups in total. The molecular formula is C24H22F2N4O4S2. The van der Waals surface area contributed by atoms with Crippen LogP contribution in [0.4, 0.5) is 19.6 Å². The molecule has 4 rings (SSSR count). The lowest BCUT2D eigenvalue weighted by atomic mass is 10.1. The fourth-order valence-electron chi connectivity index (χ4n) is 3.52. The predicted molar refractivity (Wildman–Crippen MR) is 134 cm³/mol. The molecule has 8 nitrogen and oxygen atoms in total. The summed E-state index contributed by atoms with van der Waals surface area (Å²) < 4.78 is 60.2. The number of aryl methyl sites for hydroxylation is 1. The summed E-state index contributed by atoms with van der Waals surface area (Å²) in [4.78, 5) is 10.1. The van der Waals surface area contributed by atoms with Crippen LogP contribution in [0, 0.1) is 18.6 Å². The van der Waals surface area contributed by atoms with E-state index in [9.17, 15) is 22.3 Å². The number of ether oxygens (including phenoxy) is 1. The van der Waals surface area contributed by atoms with Crippen molar-refractivity contribution >= 4 is 32.2 Å². The number of methoxy groups -OCH3 is 1. The molecule has 2 heterocycles. The zero-order valence-electron chi connectivity index (χ0n) is 19.5. The number of phenolic OH excluding ortho intramolecular Hbond substituents is 1. The maximum Gasteiger partial charge on any atom is 0.281 e. The Morgan fingerprint density at radius 3 is 2.64 bits per heavy atom. The Hall–Kier alpha value is -3.77. The van der Waals surface area contributed by atoms with Crippen LogP contribution in [0.25, 0.3) is 11.3 Å². The average molecular weight is 533 g/mol. The highest BCUT2D eigenvalue weighted by Crippen LogP contribution is 2.32. The van der Waals surface area contributed by atoms with Gasteiger partial charge in [0.15, 0.2) is 33.3 Å². The molecule has 0 radical (unpaired) electrons. The number of halogens is 2. The number of pyridine rings is 1. The number of para-hydroxylation sites is 1. The fourth-order valence-corrected chi connectivity index (χ4v) is 5.65. The molecule has 0 bridgehead atoms. The van der Waals surface area contributed by atoms with Gasteiger partial charge >= 0.3 is 0 Å². The zero-order chi connectivity index (χ0) is 26.0. The van der Waals surface area contributed by atoms with E-state index in [0.717, 1.165) is 23.5 Å². The van der Waals surface area contributed by atoms with Crippen LogP contribution in [0.3, 0.4) is 0 Å². The normalized spacial score (nSPS) is 11.4. The van der Waals surface area contributed by atoms with Crippen molar-refractivity contribution in [2.45, 2.75) is 18.5 Å². The second kappa shape index (κ2) is 10.1. The first-order valence-electron chi connectivity index (χ1n) is 10.6. The maximum absolute atomic E-state index is 13.5. The number of thiazole rings is 1. The first-order chi connectivity index (χ1) is 17.1. The smallest absolute Gasteiger partial charge is 0.281 e. The molecule has 0 spiro atoms. The molecule has 188 valence electrons. The molecule has 0 aliphatic rings. The van der Waals surface area contributed by atoms with Gasteiger partial charge in [-0.15, -0.1) is 11.3 Å². The van der Waals surface area contributed by atoms with E-state index in [4.69, 9.17) is 4.74 Å². The van der Waals surface area contributed by atoms with Crippen molar-refractivity contribution in [2.24, 2.45) is 0 Å². The highest BCUT2D eigenvalue weighted by molar-refractivity contribution is 7.92. The summed E-state index contributed by atoms with van der Waals surface area (Å²) in [5.74, 6) is -1.61. The summed E-state index contributed by atoms with van der Waals surface area (Å²) in [6.07, 6.45) is 1.42. The molecule has 4 aromatic rings. The van der Waals surface area contributed by atoms with Crippen molar-refractivity contribution < 1.29 is 27.0 Å². The Bertz CT molecular complexity index is 1530. The standard InChI is InChI=1S/C24H22F2N4O4S2/c1-14-9-17(30(2)12-16-5-4-6-21(34-3)22(16)31)11-27-23(14)36(32,33)29-24-28-20(13-35-24)15-7-8-18(25)19(26)10-15/h4-11,13,31H,12H2,1-3H3,(H,28,29). The zero-order valence-corrected chi connectivity index (χ0v) is 21.1. The third-order valence-electron chi connectivity index (χ3n) is 5.36. The van der Waals surface area contributed by atoms with Crippen molar-refractivity contribution in [3.8, 4) is 22.8 Å². The van der Waals surface area contributed by atoms with Gasteiger partial charge in [-0.2, -0.15) is 8.42 Å². The van der Waals surface area contributed by atoms with Crippen LogP contribution in [0.5, 0.6) is 11.5 Å². The van der Waals surface area contributed by atoms with Crippen LogP contribution >= 0.6 is 11.3 Å². The van der Waals surface area contributed by atoms with Crippen LogP contribution in [-0.2, 0) is 16.6 Å². The second-order valence-electron chi connectivity index (χ2n) is 7.91. The van der Waals surface area contributed by atoms with E-state index < -0.39 is 21.7 Å². The van der Waals surface area contributed by atoms with E-state index in [1.807, 2.05) is 4.90 Å². The summed E-state index contributed by atoms with van der Waals surface area (Å²) in [7, 11) is -0.808. The predicted octanol–water partition coefficient (Wildman–Crippen LogP) is 4.94. The largest absolute Gasteiger partial charge is 0.504 e. The number of anilines is 2. The number of sulfonamides is 1. The van der Waals surface area contributed by atoms with Crippen LogP contribution < -0.4 is 14.4 Å². The summed E-state index contributed by atoms with van der Waals surface area (Å²) >= 11 is 1.01. The number of phenols is 1. The Morgan fingerprint density at radius 1 is 1.17 bits per heavy atom. The molecule has 36 heavy (non-hydrogen) atoms. The van der Waals surface area contributed by atoms with Crippen LogP contribution in [0.2, 0.25) is 0 Å². The fraction of sp³-hybridized carbons (Fsp3) is 0.167. The Labute approximate surface area is 210 Å². The van der Waals surface area contributed by atoms with Crippen LogP contribution in [0.15, 0.2) is 59.1 Å². The van der Waals surface area contributed by atoms with Gasteiger partial charge in [0, 0.05) is 30.1 Å². The lowest BCUT2D eigenvalue weighted by Gasteiger charge is -2.21. The number of hydrogen-bond donors (Lipinski definition) is 2. The number of hydrogen-bond acceptors (Lipinski definition) is 8.